The van der Waals surface area contributed by atoms with Gasteiger partial charge in [0.25, 0.3) is 0 Å². The molecule has 20 heavy (non-hydrogen) atoms. The van der Waals surface area contributed by atoms with Gasteiger partial charge in [0.05, 0.1) is 10.0 Å². The molecule has 5 heteroatoms. The maximum absolute atomic E-state index is 13.3. The van der Waals surface area contributed by atoms with Crippen molar-refractivity contribution in [3.8, 4) is 11.5 Å². The monoisotopic (exact) mass is 313 g/mol. The number of nitrogens with two attached hydrogens (primary N) is 1. The Labute approximate surface area is 127 Å². The molecule has 0 aliphatic carbocycles. The number of ether oxygens (including phenoxy) is 1. The summed E-state index contributed by atoms with van der Waals surface area (Å²) in [5.41, 5.74) is 6.77. The summed E-state index contributed by atoms with van der Waals surface area (Å²) in [5.74, 6) is 0.268. The van der Waals surface area contributed by atoms with Crippen molar-refractivity contribution >= 4 is 23.2 Å². The van der Waals surface area contributed by atoms with Crippen molar-refractivity contribution in [2.75, 3.05) is 0 Å². The van der Waals surface area contributed by atoms with Crippen molar-refractivity contribution in [3.63, 3.8) is 0 Å². The van der Waals surface area contributed by atoms with Gasteiger partial charge in [-0.15, -0.1) is 0 Å². The third kappa shape index (κ3) is 3.85. The average Bonchev–Trinajstić information content (AvgIpc) is 2.36. The highest BCUT2D eigenvalue weighted by molar-refractivity contribution is 6.32. The summed E-state index contributed by atoms with van der Waals surface area (Å²) in [6.07, 6.45) is 0.732. The zero-order chi connectivity index (χ0) is 14.7. The summed E-state index contributed by atoms with van der Waals surface area (Å²) < 4.78 is 18.9. The molecule has 0 saturated heterocycles. The summed E-state index contributed by atoms with van der Waals surface area (Å²) in [5, 5.41) is 0.509. The minimum Gasteiger partial charge on any atom is -0.456 e. The summed E-state index contributed by atoms with van der Waals surface area (Å²) in [7, 11) is 0. The van der Waals surface area contributed by atoms with E-state index in [1.165, 1.54) is 12.1 Å². The molecule has 0 bridgehead atoms. The Kier molecular flexibility index (Phi) is 4.86. The van der Waals surface area contributed by atoms with Crippen molar-refractivity contribution in [2.45, 2.75) is 19.4 Å². The van der Waals surface area contributed by atoms with Crippen LogP contribution < -0.4 is 10.5 Å². The van der Waals surface area contributed by atoms with Gasteiger partial charge in [0.2, 0.25) is 0 Å². The molecule has 0 spiro atoms. The molecule has 1 atom stereocenters. The van der Waals surface area contributed by atoms with Gasteiger partial charge in [-0.05, 0) is 43.2 Å². The molecular formula is C15H14Cl2FNO. The largest absolute Gasteiger partial charge is 0.456 e. The van der Waals surface area contributed by atoms with Crippen molar-refractivity contribution in [2.24, 2.45) is 5.73 Å². The fourth-order valence-electron chi connectivity index (χ4n) is 1.79. The quantitative estimate of drug-likeness (QED) is 0.878. The topological polar surface area (TPSA) is 35.2 Å². The molecule has 0 aliphatic rings. The minimum atomic E-state index is -0.533. The van der Waals surface area contributed by atoms with Crippen LogP contribution in [0.15, 0.2) is 36.4 Å². The van der Waals surface area contributed by atoms with Crippen LogP contribution in [-0.2, 0) is 6.42 Å². The smallest absolute Gasteiger partial charge is 0.146 e. The lowest BCUT2D eigenvalue weighted by Gasteiger charge is -2.10. The van der Waals surface area contributed by atoms with Crippen molar-refractivity contribution < 1.29 is 9.13 Å². The SMILES string of the molecule is CC(N)Cc1ccc(Oc2ccc(Cl)c(F)c2)c(Cl)c1. The molecule has 106 valence electrons. The predicted molar refractivity (Wildman–Crippen MR) is 80.3 cm³/mol. The lowest BCUT2D eigenvalue weighted by Crippen LogP contribution is -2.17. The van der Waals surface area contributed by atoms with Crippen LogP contribution in [0.2, 0.25) is 10.0 Å². The molecule has 2 N–H and O–H groups in total. The fourth-order valence-corrected chi connectivity index (χ4v) is 2.15. The molecule has 2 nitrogen and oxygen atoms in total. The second-order valence-electron chi connectivity index (χ2n) is 4.62. The first-order valence-electron chi connectivity index (χ1n) is 6.12. The van der Waals surface area contributed by atoms with Crippen LogP contribution in [0.1, 0.15) is 12.5 Å². The second kappa shape index (κ2) is 6.44. The zero-order valence-electron chi connectivity index (χ0n) is 10.9. The zero-order valence-corrected chi connectivity index (χ0v) is 12.4. The third-order valence-electron chi connectivity index (χ3n) is 2.67. The van der Waals surface area contributed by atoms with Crippen LogP contribution >= 0.6 is 23.2 Å². The molecule has 0 saturated carbocycles. The first kappa shape index (κ1) is 15.1. The van der Waals surface area contributed by atoms with Crippen LogP contribution in [0.5, 0.6) is 11.5 Å². The molecule has 0 fully saturated rings. The fraction of sp³-hybridized carbons (Fsp3) is 0.200. The van der Waals surface area contributed by atoms with Crippen molar-refractivity contribution in [1.82, 2.24) is 0 Å². The van der Waals surface area contributed by atoms with E-state index in [1.54, 1.807) is 18.2 Å². The standard InChI is InChI=1S/C15H14Cl2FNO/c1-9(19)6-10-2-5-15(13(17)7-10)20-11-3-4-12(16)14(18)8-11/h2-5,7-9H,6,19H2,1H3. The van der Waals surface area contributed by atoms with Crippen molar-refractivity contribution in [3.05, 3.63) is 57.8 Å². The molecule has 1 unspecified atom stereocenters. The normalized spacial score (nSPS) is 12.2. The minimum absolute atomic E-state index is 0.0516. The highest BCUT2D eigenvalue weighted by atomic mass is 35.5. The van der Waals surface area contributed by atoms with Gasteiger partial charge in [-0.2, -0.15) is 0 Å². The maximum Gasteiger partial charge on any atom is 0.146 e. The Hall–Kier alpha value is -1.29. The van der Waals surface area contributed by atoms with Gasteiger partial charge in [0.15, 0.2) is 0 Å². The van der Waals surface area contributed by atoms with E-state index in [2.05, 4.69) is 0 Å². The Morgan fingerprint density at radius 2 is 1.90 bits per heavy atom. The molecule has 0 aliphatic heterocycles. The van der Waals surface area contributed by atoms with E-state index < -0.39 is 5.82 Å². The average molecular weight is 314 g/mol. The number of hydrogen-bond acceptors (Lipinski definition) is 2. The molecular weight excluding hydrogens is 300 g/mol. The molecule has 2 rings (SSSR count). The first-order chi connectivity index (χ1) is 9.45. The Morgan fingerprint density at radius 3 is 2.50 bits per heavy atom. The molecule has 0 amide bonds. The van der Waals surface area contributed by atoms with E-state index in [0.717, 1.165) is 12.0 Å². The van der Waals surface area contributed by atoms with Crippen LogP contribution in [-0.4, -0.2) is 6.04 Å². The van der Waals surface area contributed by atoms with E-state index in [0.29, 0.717) is 16.5 Å². The second-order valence-corrected chi connectivity index (χ2v) is 5.44. The van der Waals surface area contributed by atoms with Crippen LogP contribution in [0.25, 0.3) is 0 Å². The van der Waals surface area contributed by atoms with Gasteiger partial charge < -0.3 is 10.5 Å². The van der Waals surface area contributed by atoms with Crippen LogP contribution in [0.3, 0.4) is 0 Å². The maximum atomic E-state index is 13.3. The van der Waals surface area contributed by atoms with E-state index >= 15 is 0 Å². The van der Waals surface area contributed by atoms with Gasteiger partial charge in [0, 0.05) is 12.1 Å². The number of rotatable bonds is 4. The Balaban J connectivity index is 2.19. The first-order valence-corrected chi connectivity index (χ1v) is 6.88. The lowest BCUT2D eigenvalue weighted by molar-refractivity contribution is 0.476. The van der Waals surface area contributed by atoms with Gasteiger partial charge in [0.1, 0.15) is 17.3 Å². The number of benzene rings is 2. The highest BCUT2D eigenvalue weighted by Crippen LogP contribution is 2.31. The summed E-state index contributed by atoms with van der Waals surface area (Å²) in [6, 6.07) is 9.72. The van der Waals surface area contributed by atoms with Gasteiger partial charge >= 0.3 is 0 Å². The highest BCUT2D eigenvalue weighted by Gasteiger charge is 2.08. The Bertz CT molecular complexity index is 617. The van der Waals surface area contributed by atoms with Crippen LogP contribution in [0, 0.1) is 5.82 Å². The summed E-state index contributed by atoms with van der Waals surface area (Å²) in [4.78, 5) is 0. The summed E-state index contributed by atoms with van der Waals surface area (Å²) >= 11 is 11.8. The molecule has 2 aromatic carbocycles. The van der Waals surface area contributed by atoms with Gasteiger partial charge in [-0.25, -0.2) is 4.39 Å². The van der Waals surface area contributed by atoms with Crippen LogP contribution in [0.4, 0.5) is 4.39 Å². The molecule has 0 radical (unpaired) electrons. The number of hydrogen-bond donors (Lipinski definition) is 1. The van der Waals surface area contributed by atoms with E-state index in [4.69, 9.17) is 33.7 Å². The molecule has 0 heterocycles. The molecule has 0 aromatic heterocycles. The van der Waals surface area contributed by atoms with E-state index in [1.807, 2.05) is 13.0 Å². The van der Waals surface area contributed by atoms with Gasteiger partial charge in [-0.1, -0.05) is 29.3 Å². The van der Waals surface area contributed by atoms with E-state index in [-0.39, 0.29) is 11.1 Å². The Morgan fingerprint density at radius 1 is 1.15 bits per heavy atom. The summed E-state index contributed by atoms with van der Waals surface area (Å²) in [6.45, 7) is 1.93. The molecule has 2 aromatic rings. The van der Waals surface area contributed by atoms with Crippen molar-refractivity contribution in [1.29, 1.82) is 0 Å². The van der Waals surface area contributed by atoms with Gasteiger partial charge in [-0.3, -0.25) is 0 Å². The predicted octanol–water partition coefficient (Wildman–Crippen LogP) is 4.81. The number of halogens is 3. The third-order valence-corrected chi connectivity index (χ3v) is 3.27. The van der Waals surface area contributed by atoms with E-state index in [9.17, 15) is 4.39 Å². The lowest BCUT2D eigenvalue weighted by atomic mass is 10.1.